The van der Waals surface area contributed by atoms with Gasteiger partial charge in [-0.25, -0.2) is 13.1 Å². The molecule has 1 heterocycles. The summed E-state index contributed by atoms with van der Waals surface area (Å²) in [5.74, 6) is -3.19. The van der Waals surface area contributed by atoms with Crippen molar-refractivity contribution in [3.63, 3.8) is 0 Å². The van der Waals surface area contributed by atoms with Crippen LogP contribution in [0.5, 0.6) is 5.75 Å². The van der Waals surface area contributed by atoms with E-state index >= 15 is 0 Å². The number of carbonyl (C=O) groups is 2. The van der Waals surface area contributed by atoms with Crippen LogP contribution in [0.2, 0.25) is 10.0 Å². The average molecular weight is 543 g/mol. The maximum Gasteiger partial charge on any atom is 0.316 e. The standard InChI is InChI=1S/C24H28Cl2N2O6S/c1-24(2,3)34-17-8-6-14(7-9-17)21(20(23(30)31)22(29)19-5-4-10-27-19)28-35(32,33)18-12-15(25)11-16(26)13-18/h6-9,11-13,19-21,27-28H,4-5,10H2,1-3H3,(H,30,31)/t19?,20-,21-/m0/s1. The number of aliphatic carboxylic acids is 1. The van der Waals surface area contributed by atoms with Crippen LogP contribution in [0.4, 0.5) is 0 Å². The second-order valence-corrected chi connectivity index (χ2v) is 11.9. The van der Waals surface area contributed by atoms with Gasteiger partial charge < -0.3 is 15.2 Å². The van der Waals surface area contributed by atoms with Gasteiger partial charge >= 0.3 is 5.97 Å². The number of ether oxygens (including phenoxy) is 1. The zero-order valence-corrected chi connectivity index (χ0v) is 21.9. The molecule has 1 fully saturated rings. The molecule has 0 aliphatic carbocycles. The predicted molar refractivity (Wildman–Crippen MR) is 134 cm³/mol. The van der Waals surface area contributed by atoms with Crippen molar-refractivity contribution in [3.8, 4) is 5.75 Å². The molecule has 0 saturated carbocycles. The van der Waals surface area contributed by atoms with Gasteiger partial charge in [0.2, 0.25) is 10.0 Å². The van der Waals surface area contributed by atoms with Crippen LogP contribution >= 0.6 is 23.2 Å². The molecular formula is C24H28Cl2N2O6S. The van der Waals surface area contributed by atoms with Crippen molar-refractivity contribution in [2.24, 2.45) is 5.92 Å². The SMILES string of the molecule is CC(C)(C)Oc1ccc([C@H](NS(=O)(=O)c2cc(Cl)cc(Cl)c2)[C@H](C(=O)O)C(=O)C2CCCN2)cc1. The van der Waals surface area contributed by atoms with Crippen molar-refractivity contribution in [1.29, 1.82) is 0 Å². The molecule has 0 bridgehead atoms. The Bertz CT molecular complexity index is 1170. The van der Waals surface area contributed by atoms with E-state index in [4.69, 9.17) is 27.9 Å². The largest absolute Gasteiger partial charge is 0.488 e. The first-order valence-electron chi connectivity index (χ1n) is 11.0. The first-order valence-corrected chi connectivity index (χ1v) is 13.3. The number of carbonyl (C=O) groups excluding carboxylic acids is 1. The van der Waals surface area contributed by atoms with Gasteiger partial charge in [-0.2, -0.15) is 0 Å². The van der Waals surface area contributed by atoms with Crippen LogP contribution in [0, 0.1) is 5.92 Å². The van der Waals surface area contributed by atoms with E-state index in [1.54, 1.807) is 24.3 Å². The molecule has 0 spiro atoms. The third kappa shape index (κ3) is 7.17. The Balaban J connectivity index is 2.05. The van der Waals surface area contributed by atoms with Crippen molar-refractivity contribution in [2.45, 2.75) is 56.2 Å². The summed E-state index contributed by atoms with van der Waals surface area (Å²) >= 11 is 12.0. The fraction of sp³-hybridized carbons (Fsp3) is 0.417. The fourth-order valence-electron chi connectivity index (χ4n) is 3.92. The average Bonchev–Trinajstić information content (AvgIpc) is 3.26. The summed E-state index contributed by atoms with van der Waals surface area (Å²) in [6, 6.07) is 8.01. The lowest BCUT2D eigenvalue weighted by atomic mass is 9.86. The summed E-state index contributed by atoms with van der Waals surface area (Å²) in [5, 5.41) is 13.2. The molecule has 0 amide bonds. The van der Waals surface area contributed by atoms with Gasteiger partial charge in [-0.05, 0) is 76.1 Å². The number of benzene rings is 2. The van der Waals surface area contributed by atoms with Crippen LogP contribution in [-0.4, -0.2) is 43.5 Å². The Morgan fingerprint density at radius 3 is 2.20 bits per heavy atom. The van der Waals surface area contributed by atoms with Crippen LogP contribution in [0.1, 0.15) is 45.2 Å². The second-order valence-electron chi connectivity index (χ2n) is 9.35. The van der Waals surface area contributed by atoms with Gasteiger partial charge in [0.1, 0.15) is 17.3 Å². The fourth-order valence-corrected chi connectivity index (χ4v) is 5.88. The molecule has 8 nitrogen and oxygen atoms in total. The molecule has 1 aliphatic rings. The van der Waals surface area contributed by atoms with E-state index in [-0.39, 0.29) is 14.9 Å². The molecule has 0 aromatic heterocycles. The molecular weight excluding hydrogens is 515 g/mol. The van der Waals surface area contributed by atoms with Gasteiger partial charge in [-0.15, -0.1) is 0 Å². The number of carboxylic acid groups (broad SMARTS) is 1. The van der Waals surface area contributed by atoms with Crippen molar-refractivity contribution < 1.29 is 27.9 Å². The molecule has 2 aromatic rings. The Kier molecular flexibility index (Phi) is 8.49. The monoisotopic (exact) mass is 542 g/mol. The van der Waals surface area contributed by atoms with Gasteiger partial charge in [0.15, 0.2) is 5.78 Å². The molecule has 1 unspecified atom stereocenters. The molecule has 1 aliphatic heterocycles. The normalized spacial score (nSPS) is 18.1. The van der Waals surface area contributed by atoms with Crippen molar-refractivity contribution >= 4 is 45.0 Å². The van der Waals surface area contributed by atoms with Gasteiger partial charge in [-0.1, -0.05) is 35.3 Å². The Morgan fingerprint density at radius 1 is 1.11 bits per heavy atom. The van der Waals surface area contributed by atoms with Gasteiger partial charge in [-0.3, -0.25) is 9.59 Å². The summed E-state index contributed by atoms with van der Waals surface area (Å²) in [7, 11) is -4.31. The molecule has 2 aromatic carbocycles. The summed E-state index contributed by atoms with van der Waals surface area (Å²) < 4.78 is 34.8. The molecule has 1 saturated heterocycles. The lowest BCUT2D eigenvalue weighted by Gasteiger charge is -2.27. The quantitative estimate of drug-likeness (QED) is 0.405. The highest BCUT2D eigenvalue weighted by atomic mass is 35.5. The highest BCUT2D eigenvalue weighted by Gasteiger charge is 2.42. The van der Waals surface area contributed by atoms with E-state index in [2.05, 4.69) is 10.0 Å². The molecule has 190 valence electrons. The Hall–Kier alpha value is -2.17. The van der Waals surface area contributed by atoms with E-state index in [1.807, 2.05) is 20.8 Å². The van der Waals surface area contributed by atoms with Gasteiger partial charge in [0.05, 0.1) is 17.0 Å². The number of carboxylic acids is 1. The van der Waals surface area contributed by atoms with Crippen LogP contribution in [-0.2, 0) is 19.6 Å². The third-order valence-electron chi connectivity index (χ3n) is 5.40. The maximum absolute atomic E-state index is 13.3. The minimum Gasteiger partial charge on any atom is -0.488 e. The number of hydrogen-bond acceptors (Lipinski definition) is 6. The van der Waals surface area contributed by atoms with E-state index < -0.39 is 45.4 Å². The van der Waals surface area contributed by atoms with Crippen LogP contribution in [0.15, 0.2) is 47.4 Å². The number of nitrogens with one attached hydrogen (secondary N) is 2. The maximum atomic E-state index is 13.3. The number of ketones is 1. The summed E-state index contributed by atoms with van der Waals surface area (Å²) in [6.45, 7) is 6.21. The first kappa shape index (κ1) is 27.4. The lowest BCUT2D eigenvalue weighted by molar-refractivity contribution is -0.148. The van der Waals surface area contributed by atoms with E-state index in [0.29, 0.717) is 24.3 Å². The number of Topliss-reactive ketones (excluding diaryl/α,β-unsaturated/α-hetero) is 1. The Morgan fingerprint density at radius 2 is 1.71 bits per heavy atom. The van der Waals surface area contributed by atoms with Crippen molar-refractivity contribution in [1.82, 2.24) is 10.0 Å². The predicted octanol–water partition coefficient (Wildman–Crippen LogP) is 4.21. The number of rotatable bonds is 9. The number of sulfonamides is 1. The molecule has 35 heavy (non-hydrogen) atoms. The lowest BCUT2D eigenvalue weighted by Crippen LogP contribution is -2.46. The number of hydrogen-bond donors (Lipinski definition) is 3. The minimum absolute atomic E-state index is 0.0964. The zero-order chi connectivity index (χ0) is 26.0. The molecule has 3 atom stereocenters. The zero-order valence-electron chi connectivity index (χ0n) is 19.5. The molecule has 11 heteroatoms. The van der Waals surface area contributed by atoms with Crippen LogP contribution < -0.4 is 14.8 Å². The summed E-state index contributed by atoms with van der Waals surface area (Å²) in [4.78, 5) is 25.3. The highest BCUT2D eigenvalue weighted by molar-refractivity contribution is 7.89. The first-order chi connectivity index (χ1) is 16.3. The van der Waals surface area contributed by atoms with E-state index in [9.17, 15) is 23.1 Å². The smallest absolute Gasteiger partial charge is 0.316 e. The highest BCUT2D eigenvalue weighted by Crippen LogP contribution is 2.31. The molecule has 3 rings (SSSR count). The summed E-state index contributed by atoms with van der Waals surface area (Å²) in [6.07, 6.45) is 1.20. The van der Waals surface area contributed by atoms with Crippen LogP contribution in [0.25, 0.3) is 0 Å². The third-order valence-corrected chi connectivity index (χ3v) is 7.26. The minimum atomic E-state index is -4.31. The Labute approximate surface area is 215 Å². The van der Waals surface area contributed by atoms with Crippen molar-refractivity contribution in [2.75, 3.05) is 6.54 Å². The van der Waals surface area contributed by atoms with E-state index in [1.165, 1.54) is 18.2 Å². The topological polar surface area (TPSA) is 122 Å². The van der Waals surface area contributed by atoms with Crippen molar-refractivity contribution in [3.05, 3.63) is 58.1 Å². The molecule has 0 radical (unpaired) electrons. The number of halogens is 2. The van der Waals surface area contributed by atoms with Gasteiger partial charge in [0, 0.05) is 10.0 Å². The van der Waals surface area contributed by atoms with Gasteiger partial charge in [0.25, 0.3) is 0 Å². The van der Waals surface area contributed by atoms with E-state index in [0.717, 1.165) is 6.42 Å². The second kappa shape index (κ2) is 10.8. The molecule has 3 N–H and O–H groups in total. The van der Waals surface area contributed by atoms with Crippen LogP contribution in [0.3, 0.4) is 0 Å². The summed E-state index contributed by atoms with van der Waals surface area (Å²) in [5.41, 5.74) is -0.177.